The van der Waals surface area contributed by atoms with Crippen molar-refractivity contribution in [1.82, 2.24) is 29.9 Å². The highest BCUT2D eigenvalue weighted by Gasteiger charge is 2.20. The Morgan fingerprint density at radius 3 is 2.40 bits per heavy atom. The third kappa shape index (κ3) is 3.17. The summed E-state index contributed by atoms with van der Waals surface area (Å²) in [4.78, 5) is 28.5. The van der Waals surface area contributed by atoms with Gasteiger partial charge in [-0.25, -0.2) is 29.9 Å². The van der Waals surface area contributed by atoms with E-state index < -0.39 is 0 Å². The van der Waals surface area contributed by atoms with Crippen molar-refractivity contribution in [2.24, 2.45) is 0 Å². The molecular formula is C18H19N7. The molecule has 0 bridgehead atoms. The highest BCUT2D eigenvalue weighted by molar-refractivity contribution is 5.62. The van der Waals surface area contributed by atoms with Crippen molar-refractivity contribution < 1.29 is 0 Å². The zero-order valence-corrected chi connectivity index (χ0v) is 14.1. The van der Waals surface area contributed by atoms with E-state index in [-0.39, 0.29) is 0 Å². The van der Waals surface area contributed by atoms with Crippen LogP contribution in [0.2, 0.25) is 0 Å². The molecule has 0 saturated heterocycles. The van der Waals surface area contributed by atoms with E-state index in [0.717, 1.165) is 60.8 Å². The third-order valence-electron chi connectivity index (χ3n) is 4.50. The first-order valence-electron chi connectivity index (χ1n) is 8.49. The minimum absolute atomic E-state index is 0.780. The van der Waals surface area contributed by atoms with Gasteiger partial charge in [0.2, 0.25) is 5.95 Å². The molecule has 0 radical (unpaired) electrons. The summed E-state index contributed by atoms with van der Waals surface area (Å²) in [6.45, 7) is 3.79. The lowest BCUT2D eigenvalue weighted by Gasteiger charge is -2.19. The van der Waals surface area contributed by atoms with Crippen molar-refractivity contribution in [3.63, 3.8) is 0 Å². The SMILES string of the molecule is CCc1cnc(N2CCc3ncnc(-c4cncnc4)c3CC2)nc1. The second-order valence-electron chi connectivity index (χ2n) is 6.01. The largest absolute Gasteiger partial charge is 0.340 e. The summed E-state index contributed by atoms with van der Waals surface area (Å²) in [6.07, 6.45) is 13.2. The predicted octanol–water partition coefficient (Wildman–Crippen LogP) is 1.89. The summed E-state index contributed by atoms with van der Waals surface area (Å²) in [6, 6.07) is 0. The van der Waals surface area contributed by atoms with Gasteiger partial charge in [-0.2, -0.15) is 0 Å². The number of hydrogen-bond donors (Lipinski definition) is 0. The Morgan fingerprint density at radius 2 is 1.64 bits per heavy atom. The molecule has 3 aromatic rings. The lowest BCUT2D eigenvalue weighted by atomic mass is 10.0. The van der Waals surface area contributed by atoms with E-state index in [9.17, 15) is 0 Å². The topological polar surface area (TPSA) is 80.6 Å². The lowest BCUT2D eigenvalue weighted by molar-refractivity contribution is 0.767. The summed E-state index contributed by atoms with van der Waals surface area (Å²) in [5.41, 5.74) is 5.26. The van der Waals surface area contributed by atoms with Crippen molar-refractivity contribution in [2.45, 2.75) is 26.2 Å². The molecule has 7 nitrogen and oxygen atoms in total. The van der Waals surface area contributed by atoms with E-state index in [1.165, 1.54) is 11.9 Å². The number of hydrogen-bond acceptors (Lipinski definition) is 7. The van der Waals surface area contributed by atoms with Crippen LogP contribution in [0.3, 0.4) is 0 Å². The number of anilines is 1. The Morgan fingerprint density at radius 1 is 0.880 bits per heavy atom. The van der Waals surface area contributed by atoms with Crippen LogP contribution >= 0.6 is 0 Å². The average Bonchev–Trinajstić information content (AvgIpc) is 2.91. The molecule has 0 aliphatic carbocycles. The normalized spacial score (nSPS) is 14.0. The molecule has 3 aromatic heterocycles. The van der Waals surface area contributed by atoms with Crippen LogP contribution in [0.1, 0.15) is 23.7 Å². The molecule has 0 saturated carbocycles. The van der Waals surface area contributed by atoms with Gasteiger partial charge in [0.1, 0.15) is 12.7 Å². The van der Waals surface area contributed by atoms with Gasteiger partial charge in [-0.1, -0.05) is 6.92 Å². The first kappa shape index (κ1) is 15.6. The van der Waals surface area contributed by atoms with Gasteiger partial charge in [0.25, 0.3) is 0 Å². The van der Waals surface area contributed by atoms with Crippen LogP contribution in [0.4, 0.5) is 5.95 Å². The van der Waals surface area contributed by atoms with Crippen LogP contribution in [-0.4, -0.2) is 43.0 Å². The van der Waals surface area contributed by atoms with Crippen molar-refractivity contribution in [3.8, 4) is 11.3 Å². The Labute approximate surface area is 146 Å². The average molecular weight is 333 g/mol. The van der Waals surface area contributed by atoms with Gasteiger partial charge >= 0.3 is 0 Å². The van der Waals surface area contributed by atoms with Gasteiger partial charge in [0.15, 0.2) is 0 Å². The fourth-order valence-corrected chi connectivity index (χ4v) is 3.09. The fourth-order valence-electron chi connectivity index (χ4n) is 3.09. The van der Waals surface area contributed by atoms with E-state index in [1.807, 2.05) is 12.4 Å². The van der Waals surface area contributed by atoms with E-state index in [0.29, 0.717) is 0 Å². The summed E-state index contributed by atoms with van der Waals surface area (Å²) >= 11 is 0. The van der Waals surface area contributed by atoms with Gasteiger partial charge < -0.3 is 4.90 Å². The molecule has 1 aliphatic heterocycles. The molecule has 0 aromatic carbocycles. The maximum atomic E-state index is 4.52. The molecular weight excluding hydrogens is 314 g/mol. The smallest absolute Gasteiger partial charge is 0.225 e. The first-order chi connectivity index (χ1) is 12.3. The standard InChI is InChI=1S/C18H19N7/c1-2-13-7-21-18(22-8-13)25-5-3-15-16(4-6-25)23-12-24-17(15)14-9-19-11-20-10-14/h7-12H,2-6H2,1H3. The molecule has 126 valence electrons. The summed E-state index contributed by atoms with van der Waals surface area (Å²) in [5, 5.41) is 0. The summed E-state index contributed by atoms with van der Waals surface area (Å²) in [7, 11) is 0. The van der Waals surface area contributed by atoms with Gasteiger partial charge in [-0.05, 0) is 18.4 Å². The maximum absolute atomic E-state index is 4.52. The second-order valence-corrected chi connectivity index (χ2v) is 6.01. The molecule has 0 amide bonds. The van der Waals surface area contributed by atoms with Crippen molar-refractivity contribution >= 4 is 5.95 Å². The van der Waals surface area contributed by atoms with Crippen molar-refractivity contribution in [1.29, 1.82) is 0 Å². The lowest BCUT2D eigenvalue weighted by Crippen LogP contribution is -2.27. The zero-order valence-electron chi connectivity index (χ0n) is 14.1. The van der Waals surface area contributed by atoms with Gasteiger partial charge in [-0.3, -0.25) is 0 Å². The molecule has 0 atom stereocenters. The molecule has 0 unspecified atom stereocenters. The highest BCUT2D eigenvalue weighted by Crippen LogP contribution is 2.25. The Bertz CT molecular complexity index is 849. The van der Waals surface area contributed by atoms with Crippen LogP contribution in [0.15, 0.2) is 37.4 Å². The fraction of sp³-hybridized carbons (Fsp3) is 0.333. The van der Waals surface area contributed by atoms with Crippen molar-refractivity contribution in [2.75, 3.05) is 18.0 Å². The van der Waals surface area contributed by atoms with Crippen LogP contribution in [0.25, 0.3) is 11.3 Å². The number of aryl methyl sites for hydroxylation is 1. The predicted molar refractivity (Wildman–Crippen MR) is 94.1 cm³/mol. The molecule has 4 rings (SSSR count). The zero-order chi connectivity index (χ0) is 17.1. The molecule has 7 heteroatoms. The number of aromatic nitrogens is 6. The second kappa shape index (κ2) is 6.88. The van der Waals surface area contributed by atoms with E-state index in [4.69, 9.17) is 0 Å². The summed E-state index contributed by atoms with van der Waals surface area (Å²) in [5.74, 6) is 0.780. The van der Waals surface area contributed by atoms with E-state index in [2.05, 4.69) is 41.7 Å². The first-order valence-corrected chi connectivity index (χ1v) is 8.49. The highest BCUT2D eigenvalue weighted by atomic mass is 15.2. The van der Waals surface area contributed by atoms with Crippen molar-refractivity contribution in [3.05, 3.63) is 54.3 Å². The van der Waals surface area contributed by atoms with E-state index in [1.54, 1.807) is 18.7 Å². The monoisotopic (exact) mass is 333 g/mol. The molecule has 0 fully saturated rings. The number of rotatable bonds is 3. The van der Waals surface area contributed by atoms with Gasteiger partial charge in [0.05, 0.1) is 5.69 Å². The van der Waals surface area contributed by atoms with Crippen LogP contribution < -0.4 is 4.90 Å². The molecule has 0 N–H and O–H groups in total. The molecule has 25 heavy (non-hydrogen) atoms. The van der Waals surface area contributed by atoms with E-state index >= 15 is 0 Å². The summed E-state index contributed by atoms with van der Waals surface area (Å²) < 4.78 is 0. The number of fused-ring (bicyclic) bond motifs is 1. The van der Waals surface area contributed by atoms with Gasteiger partial charge in [0, 0.05) is 61.1 Å². The Kier molecular flexibility index (Phi) is 4.28. The Hall–Kier alpha value is -2.96. The van der Waals surface area contributed by atoms with Crippen LogP contribution in [0, 0.1) is 0 Å². The third-order valence-corrected chi connectivity index (χ3v) is 4.50. The molecule has 1 aliphatic rings. The van der Waals surface area contributed by atoms with Gasteiger partial charge in [-0.15, -0.1) is 0 Å². The minimum atomic E-state index is 0.780. The molecule has 0 spiro atoms. The van der Waals surface area contributed by atoms with Crippen LogP contribution in [0.5, 0.6) is 0 Å². The Balaban J connectivity index is 1.61. The maximum Gasteiger partial charge on any atom is 0.225 e. The number of nitrogens with zero attached hydrogens (tertiary/aromatic N) is 7. The van der Waals surface area contributed by atoms with Crippen LogP contribution in [-0.2, 0) is 19.3 Å². The molecule has 4 heterocycles. The minimum Gasteiger partial charge on any atom is -0.340 e. The quantitative estimate of drug-likeness (QED) is 0.724.